The van der Waals surface area contributed by atoms with E-state index in [-0.39, 0.29) is 12.3 Å². The number of amides is 1. The minimum Gasteiger partial charge on any atom is -0.467 e. The summed E-state index contributed by atoms with van der Waals surface area (Å²) >= 11 is 3.27. The maximum atomic E-state index is 13.1. The van der Waals surface area contributed by atoms with Crippen molar-refractivity contribution >= 4 is 27.8 Å². The highest BCUT2D eigenvalue weighted by molar-refractivity contribution is 9.10. The molecule has 0 radical (unpaired) electrons. The van der Waals surface area contributed by atoms with Gasteiger partial charge in [0.2, 0.25) is 0 Å². The summed E-state index contributed by atoms with van der Waals surface area (Å²) in [6, 6.07) is 4.61. The van der Waals surface area contributed by atoms with Gasteiger partial charge in [-0.15, -0.1) is 0 Å². The van der Waals surface area contributed by atoms with Crippen molar-refractivity contribution in [2.45, 2.75) is 38.0 Å². The molecule has 0 saturated carbocycles. The number of methoxy groups -OCH3 is 1. The van der Waals surface area contributed by atoms with Crippen LogP contribution in [0.4, 0.5) is 13.2 Å². The van der Waals surface area contributed by atoms with Crippen LogP contribution in [0.25, 0.3) is 0 Å². The number of benzene rings is 1. The highest BCUT2D eigenvalue weighted by atomic mass is 79.9. The topological polar surface area (TPSA) is 46.6 Å². The number of nitrogens with zero attached hydrogens (tertiary/aromatic N) is 1. The van der Waals surface area contributed by atoms with Crippen LogP contribution in [0.3, 0.4) is 0 Å². The van der Waals surface area contributed by atoms with E-state index in [2.05, 4.69) is 20.7 Å². The van der Waals surface area contributed by atoms with E-state index in [1.807, 2.05) is 0 Å². The van der Waals surface area contributed by atoms with E-state index in [4.69, 9.17) is 0 Å². The van der Waals surface area contributed by atoms with Crippen LogP contribution < -0.4 is 0 Å². The van der Waals surface area contributed by atoms with E-state index >= 15 is 0 Å². The maximum absolute atomic E-state index is 13.1. The van der Waals surface area contributed by atoms with Crippen molar-refractivity contribution in [1.82, 2.24) is 4.90 Å². The fraction of sp³-hybridized carbons (Fsp3) is 0.500. The molecular formula is C16H17BrF3NO3. The Morgan fingerprint density at radius 2 is 1.79 bits per heavy atom. The van der Waals surface area contributed by atoms with Gasteiger partial charge >= 0.3 is 18.1 Å². The maximum Gasteiger partial charge on any atom is 0.471 e. The first-order chi connectivity index (χ1) is 11.2. The molecule has 1 saturated heterocycles. The molecule has 132 valence electrons. The summed E-state index contributed by atoms with van der Waals surface area (Å²) in [6.07, 6.45) is -4.40. The average Bonchev–Trinajstić information content (AvgIpc) is 2.53. The Hall–Kier alpha value is -1.57. The smallest absolute Gasteiger partial charge is 0.467 e. The molecule has 0 unspecified atom stereocenters. The van der Waals surface area contributed by atoms with Gasteiger partial charge in [0.25, 0.3) is 0 Å². The zero-order chi connectivity index (χ0) is 18.1. The molecule has 3 atom stereocenters. The largest absolute Gasteiger partial charge is 0.471 e. The van der Waals surface area contributed by atoms with Crippen molar-refractivity contribution in [3.8, 4) is 0 Å². The van der Waals surface area contributed by atoms with Crippen molar-refractivity contribution in [3.63, 3.8) is 0 Å². The van der Waals surface area contributed by atoms with E-state index in [0.29, 0.717) is 16.9 Å². The second kappa shape index (κ2) is 7.13. The van der Waals surface area contributed by atoms with E-state index in [0.717, 1.165) is 11.6 Å². The average molecular weight is 408 g/mol. The Kier molecular flexibility index (Phi) is 5.57. The minimum atomic E-state index is -5.06. The molecule has 0 bridgehead atoms. The van der Waals surface area contributed by atoms with Gasteiger partial charge in [0.15, 0.2) is 0 Å². The van der Waals surface area contributed by atoms with Gasteiger partial charge in [-0.2, -0.15) is 13.2 Å². The fourth-order valence-corrected chi connectivity index (χ4v) is 3.38. The Morgan fingerprint density at radius 1 is 1.21 bits per heavy atom. The van der Waals surface area contributed by atoms with Gasteiger partial charge in [-0.25, -0.2) is 4.79 Å². The first-order valence-electron chi connectivity index (χ1n) is 7.39. The number of halogens is 4. The van der Waals surface area contributed by atoms with Gasteiger partial charge in [-0.3, -0.25) is 4.79 Å². The van der Waals surface area contributed by atoms with Gasteiger partial charge in [0.05, 0.1) is 13.2 Å². The molecule has 1 fully saturated rings. The number of alkyl halides is 3. The molecule has 2 rings (SSSR count). The van der Waals surface area contributed by atoms with Crippen molar-refractivity contribution in [2.75, 3.05) is 7.11 Å². The van der Waals surface area contributed by atoms with Crippen molar-refractivity contribution < 1.29 is 27.5 Å². The Labute approximate surface area is 146 Å². The lowest BCUT2D eigenvalue weighted by Crippen LogP contribution is -2.56. The molecule has 1 aliphatic rings. The molecule has 0 N–H and O–H groups in total. The monoisotopic (exact) mass is 407 g/mol. The molecule has 24 heavy (non-hydrogen) atoms. The lowest BCUT2D eigenvalue weighted by atomic mass is 9.82. The number of carbonyl (C=O) groups is 2. The molecule has 1 heterocycles. The van der Waals surface area contributed by atoms with Crippen LogP contribution >= 0.6 is 15.9 Å². The summed E-state index contributed by atoms with van der Waals surface area (Å²) in [5, 5.41) is 0. The Bertz CT molecular complexity index is 618. The molecule has 4 nitrogen and oxygen atoms in total. The van der Waals surface area contributed by atoms with Crippen molar-refractivity contribution in [2.24, 2.45) is 5.92 Å². The van der Waals surface area contributed by atoms with Crippen LogP contribution in [0.1, 0.15) is 31.4 Å². The van der Waals surface area contributed by atoms with Crippen molar-refractivity contribution in [1.29, 1.82) is 0 Å². The Balaban J connectivity index is 2.51. The van der Waals surface area contributed by atoms with Crippen LogP contribution in [-0.2, 0) is 14.3 Å². The molecule has 0 aromatic heterocycles. The van der Waals surface area contributed by atoms with Crippen LogP contribution in [0.15, 0.2) is 28.7 Å². The minimum absolute atomic E-state index is 0.142. The predicted octanol–water partition coefficient (Wildman–Crippen LogP) is 3.85. The zero-order valence-electron chi connectivity index (χ0n) is 13.1. The van der Waals surface area contributed by atoms with Crippen LogP contribution in [0.2, 0.25) is 0 Å². The summed E-state index contributed by atoms with van der Waals surface area (Å²) < 4.78 is 44.7. The lowest BCUT2D eigenvalue weighted by molar-refractivity contribution is -0.197. The molecule has 8 heteroatoms. The van der Waals surface area contributed by atoms with E-state index in [1.54, 1.807) is 31.2 Å². The number of hydrogen-bond donors (Lipinski definition) is 0. The van der Waals surface area contributed by atoms with Gasteiger partial charge in [0, 0.05) is 4.47 Å². The first-order valence-corrected chi connectivity index (χ1v) is 8.19. The second-order valence-electron chi connectivity index (χ2n) is 5.80. The summed E-state index contributed by atoms with van der Waals surface area (Å²) in [4.78, 5) is 24.6. The van der Waals surface area contributed by atoms with Gasteiger partial charge < -0.3 is 9.64 Å². The number of carbonyl (C=O) groups excluding carboxylic acids is 2. The van der Waals surface area contributed by atoms with Crippen molar-refractivity contribution in [3.05, 3.63) is 34.3 Å². The molecule has 1 amide bonds. The number of piperidine rings is 1. The molecule has 1 aromatic rings. The van der Waals surface area contributed by atoms with Gasteiger partial charge in [-0.05, 0) is 36.5 Å². The van der Waals surface area contributed by atoms with Crippen LogP contribution in [0.5, 0.6) is 0 Å². The van der Waals surface area contributed by atoms with E-state index in [9.17, 15) is 22.8 Å². The van der Waals surface area contributed by atoms with Gasteiger partial charge in [0.1, 0.15) is 6.04 Å². The number of ether oxygens (including phenoxy) is 1. The molecule has 1 aromatic carbocycles. The highest BCUT2D eigenvalue weighted by Gasteiger charge is 2.51. The standard InChI is InChI=1S/C16H17BrF3NO3/c1-9-3-8-12(14(22)24-2)21(15(23)16(18,19)20)13(9)10-4-6-11(17)7-5-10/h4-7,9,12-13H,3,8H2,1-2H3/t9-,12-,13-/m0/s1. The SMILES string of the molecule is COC(=O)[C@@H]1CC[C@H](C)[C@@H](c2ccc(Br)cc2)N1C(=O)C(F)(F)F. The fourth-order valence-electron chi connectivity index (χ4n) is 3.12. The third kappa shape index (κ3) is 3.74. The number of esters is 1. The molecule has 1 aliphatic heterocycles. The lowest BCUT2D eigenvalue weighted by Gasteiger charge is -2.44. The molecular weight excluding hydrogens is 391 g/mol. The summed E-state index contributed by atoms with van der Waals surface area (Å²) in [5.41, 5.74) is 0.553. The zero-order valence-corrected chi connectivity index (χ0v) is 14.7. The normalized spacial score (nSPS) is 24.6. The third-order valence-corrected chi connectivity index (χ3v) is 4.76. The quantitative estimate of drug-likeness (QED) is 0.699. The van der Waals surface area contributed by atoms with E-state index in [1.165, 1.54) is 0 Å². The molecule has 0 aliphatic carbocycles. The summed E-state index contributed by atoms with van der Waals surface area (Å²) in [6.45, 7) is 1.77. The van der Waals surface area contributed by atoms with Crippen LogP contribution in [0, 0.1) is 5.92 Å². The first kappa shape index (κ1) is 18.8. The second-order valence-corrected chi connectivity index (χ2v) is 6.72. The predicted molar refractivity (Wildman–Crippen MR) is 84.0 cm³/mol. The third-order valence-electron chi connectivity index (χ3n) is 4.23. The summed E-state index contributed by atoms with van der Waals surface area (Å²) in [7, 11) is 1.10. The van der Waals surface area contributed by atoms with E-state index < -0.39 is 30.1 Å². The Morgan fingerprint density at radius 3 is 2.29 bits per heavy atom. The van der Waals surface area contributed by atoms with Crippen LogP contribution in [-0.4, -0.2) is 36.1 Å². The summed E-state index contributed by atoms with van der Waals surface area (Å²) in [5.74, 6) is -3.07. The highest BCUT2D eigenvalue weighted by Crippen LogP contribution is 2.41. The molecule has 0 spiro atoms. The number of rotatable bonds is 2. The van der Waals surface area contributed by atoms with Gasteiger partial charge in [-0.1, -0.05) is 35.0 Å². The number of likely N-dealkylation sites (tertiary alicyclic amines) is 1. The number of hydrogen-bond acceptors (Lipinski definition) is 3.